The van der Waals surface area contributed by atoms with E-state index in [1.807, 2.05) is 0 Å². The first-order valence-electron chi connectivity index (χ1n) is 7.96. The predicted octanol–water partition coefficient (Wildman–Crippen LogP) is 4.65. The maximum Gasteiger partial charge on any atom is 0.416 e. The van der Waals surface area contributed by atoms with Crippen molar-refractivity contribution in [3.63, 3.8) is 0 Å². The zero-order valence-corrected chi connectivity index (χ0v) is 15.4. The fourth-order valence-corrected chi connectivity index (χ4v) is 3.17. The van der Waals surface area contributed by atoms with Gasteiger partial charge in [0.2, 0.25) is 5.82 Å². The summed E-state index contributed by atoms with van der Waals surface area (Å²) in [6, 6.07) is 7.44. The zero-order valence-electron chi connectivity index (χ0n) is 14.6. The number of amides is 1. The Labute approximate surface area is 164 Å². The minimum Gasteiger partial charge on any atom is -0.330 e. The molecule has 2 heterocycles. The van der Waals surface area contributed by atoms with E-state index in [1.165, 1.54) is 17.4 Å². The minimum atomic E-state index is -4.62. The van der Waals surface area contributed by atoms with Gasteiger partial charge in [-0.1, -0.05) is 12.1 Å². The van der Waals surface area contributed by atoms with Crippen LogP contribution in [0.1, 0.15) is 16.2 Å². The maximum atomic E-state index is 13.0. The molecular formula is C17H12F6N4OS. The van der Waals surface area contributed by atoms with Crippen LogP contribution in [-0.2, 0) is 6.18 Å². The second-order valence-corrected chi connectivity index (χ2v) is 6.92. The average molecular weight is 434 g/mol. The van der Waals surface area contributed by atoms with Crippen molar-refractivity contribution in [3.8, 4) is 16.4 Å². The minimum absolute atomic E-state index is 0.0340. The molecule has 0 bridgehead atoms. The van der Waals surface area contributed by atoms with Gasteiger partial charge < -0.3 is 4.90 Å². The molecule has 0 radical (unpaired) electrons. The second-order valence-electron chi connectivity index (χ2n) is 5.97. The fourth-order valence-electron chi connectivity index (χ4n) is 2.47. The summed E-state index contributed by atoms with van der Waals surface area (Å²) in [5.41, 5.74) is -0.974. The third-order valence-corrected chi connectivity index (χ3v) is 4.59. The molecule has 0 spiro atoms. The summed E-state index contributed by atoms with van der Waals surface area (Å²) < 4.78 is 77.8. The van der Waals surface area contributed by atoms with Crippen LogP contribution >= 0.6 is 11.3 Å². The topological polar surface area (TPSA) is 51.0 Å². The highest BCUT2D eigenvalue weighted by Gasteiger charge is 2.34. The summed E-state index contributed by atoms with van der Waals surface area (Å²) in [5, 5.41) is 5.58. The molecule has 12 heteroatoms. The maximum absolute atomic E-state index is 13.0. The number of aromatic nitrogens is 3. The van der Waals surface area contributed by atoms with Crippen molar-refractivity contribution < 1.29 is 31.1 Å². The molecule has 154 valence electrons. The van der Waals surface area contributed by atoms with Crippen molar-refractivity contribution >= 4 is 17.2 Å². The van der Waals surface area contributed by atoms with E-state index in [-0.39, 0.29) is 11.5 Å². The van der Waals surface area contributed by atoms with Gasteiger partial charge in [0.25, 0.3) is 5.91 Å². The Morgan fingerprint density at radius 2 is 1.86 bits per heavy atom. The summed E-state index contributed by atoms with van der Waals surface area (Å²) in [6.07, 6.45) is -9.23. The Hall–Kier alpha value is -2.89. The molecule has 0 saturated heterocycles. The molecule has 0 atom stereocenters. The number of alkyl halides is 6. The molecule has 3 aromatic rings. The molecule has 0 aliphatic carbocycles. The molecule has 29 heavy (non-hydrogen) atoms. The summed E-state index contributed by atoms with van der Waals surface area (Å²) in [4.78, 5) is 17.2. The summed E-state index contributed by atoms with van der Waals surface area (Å²) in [7, 11) is 0.936. The van der Waals surface area contributed by atoms with Crippen LogP contribution in [0.2, 0.25) is 0 Å². The first-order chi connectivity index (χ1) is 13.5. The van der Waals surface area contributed by atoms with Gasteiger partial charge in [-0.2, -0.15) is 26.3 Å². The molecular weight excluding hydrogens is 422 g/mol. The zero-order chi connectivity index (χ0) is 21.4. The summed E-state index contributed by atoms with van der Waals surface area (Å²) >= 11 is 1.19. The molecule has 0 unspecified atom stereocenters. The number of hydrogen-bond donors (Lipinski definition) is 0. The lowest BCUT2D eigenvalue weighted by atomic mass is 10.2. The van der Waals surface area contributed by atoms with E-state index in [0.717, 1.165) is 29.9 Å². The average Bonchev–Trinajstić information content (AvgIpc) is 3.28. The number of carbonyl (C=O) groups excluding carboxylic acids is 1. The quantitative estimate of drug-likeness (QED) is 0.562. The van der Waals surface area contributed by atoms with Gasteiger partial charge in [-0.15, -0.1) is 16.4 Å². The van der Waals surface area contributed by atoms with Gasteiger partial charge in [0.05, 0.1) is 16.1 Å². The van der Waals surface area contributed by atoms with Gasteiger partial charge in [0.15, 0.2) is 5.82 Å². The Morgan fingerprint density at radius 3 is 2.45 bits per heavy atom. The van der Waals surface area contributed by atoms with Crippen molar-refractivity contribution in [2.75, 3.05) is 13.6 Å². The third kappa shape index (κ3) is 4.75. The molecule has 2 aromatic heterocycles. The highest BCUT2D eigenvalue weighted by Crippen LogP contribution is 2.32. The number of hydrogen-bond acceptors (Lipinski definition) is 4. The lowest BCUT2D eigenvalue weighted by Gasteiger charge is -2.16. The lowest BCUT2D eigenvalue weighted by Crippen LogP contribution is -2.36. The van der Waals surface area contributed by atoms with Crippen LogP contribution in [-0.4, -0.2) is 45.3 Å². The molecule has 3 rings (SSSR count). The number of halogens is 6. The molecule has 0 aliphatic rings. The largest absolute Gasteiger partial charge is 0.416 e. The Morgan fingerprint density at radius 1 is 1.14 bits per heavy atom. The normalized spacial score (nSPS) is 12.2. The van der Waals surface area contributed by atoms with Gasteiger partial charge in [-0.25, -0.2) is 9.67 Å². The van der Waals surface area contributed by atoms with E-state index < -0.39 is 36.2 Å². The van der Waals surface area contributed by atoms with Crippen LogP contribution in [0.15, 0.2) is 41.8 Å². The molecule has 0 saturated carbocycles. The number of carbonyl (C=O) groups is 1. The van der Waals surface area contributed by atoms with Crippen LogP contribution in [0.4, 0.5) is 26.3 Å². The van der Waals surface area contributed by atoms with Crippen molar-refractivity contribution in [3.05, 3.63) is 53.2 Å². The van der Waals surface area contributed by atoms with E-state index in [9.17, 15) is 31.1 Å². The van der Waals surface area contributed by atoms with E-state index in [1.54, 1.807) is 17.5 Å². The summed E-state index contributed by atoms with van der Waals surface area (Å²) in [6.45, 7) is -1.52. The van der Waals surface area contributed by atoms with E-state index in [2.05, 4.69) is 10.1 Å². The molecule has 1 amide bonds. The second kappa shape index (κ2) is 7.50. The number of thiophene rings is 1. The summed E-state index contributed by atoms with van der Waals surface area (Å²) in [5.74, 6) is -1.62. The van der Waals surface area contributed by atoms with Crippen molar-refractivity contribution in [1.82, 2.24) is 19.7 Å². The predicted molar refractivity (Wildman–Crippen MR) is 92.7 cm³/mol. The van der Waals surface area contributed by atoms with Gasteiger partial charge >= 0.3 is 12.4 Å². The molecule has 1 aromatic carbocycles. The van der Waals surface area contributed by atoms with E-state index in [4.69, 9.17) is 0 Å². The smallest absolute Gasteiger partial charge is 0.330 e. The van der Waals surface area contributed by atoms with Crippen LogP contribution in [0.5, 0.6) is 0 Å². The highest BCUT2D eigenvalue weighted by atomic mass is 32.1. The lowest BCUT2D eigenvalue weighted by molar-refractivity contribution is -0.138. The highest BCUT2D eigenvalue weighted by molar-refractivity contribution is 7.13. The van der Waals surface area contributed by atoms with E-state index in [0.29, 0.717) is 9.78 Å². The Kier molecular flexibility index (Phi) is 5.39. The number of benzene rings is 1. The SMILES string of the molecule is CN(CC(F)(F)F)C(=O)c1nc(-c2cccs2)n(-c2cccc(C(F)(F)F)c2)n1. The standard InChI is InChI=1S/C17H12F6N4OS/c1-26(9-16(18,19)20)15(28)13-24-14(12-6-3-7-29-12)27(25-13)11-5-2-4-10(8-11)17(21,22)23/h2-8H,9H2,1H3. The van der Waals surface area contributed by atoms with Crippen molar-refractivity contribution in [2.24, 2.45) is 0 Å². The number of rotatable bonds is 4. The molecule has 0 aliphatic heterocycles. The Bertz CT molecular complexity index is 1010. The van der Waals surface area contributed by atoms with Crippen molar-refractivity contribution in [2.45, 2.75) is 12.4 Å². The van der Waals surface area contributed by atoms with Crippen molar-refractivity contribution in [1.29, 1.82) is 0 Å². The number of nitrogens with zero attached hydrogens (tertiary/aromatic N) is 4. The van der Waals surface area contributed by atoms with Gasteiger partial charge in [0.1, 0.15) is 6.54 Å². The van der Waals surface area contributed by atoms with Gasteiger partial charge in [-0.05, 0) is 29.6 Å². The van der Waals surface area contributed by atoms with Crippen LogP contribution in [0.25, 0.3) is 16.4 Å². The third-order valence-electron chi connectivity index (χ3n) is 3.72. The molecule has 5 nitrogen and oxygen atoms in total. The first-order valence-corrected chi connectivity index (χ1v) is 8.84. The molecule has 0 fully saturated rings. The Balaban J connectivity index is 2.07. The van der Waals surface area contributed by atoms with Crippen LogP contribution < -0.4 is 0 Å². The monoisotopic (exact) mass is 434 g/mol. The van der Waals surface area contributed by atoms with Gasteiger partial charge in [0, 0.05) is 7.05 Å². The fraction of sp³-hybridized carbons (Fsp3) is 0.235. The van der Waals surface area contributed by atoms with Crippen LogP contribution in [0.3, 0.4) is 0 Å². The van der Waals surface area contributed by atoms with Crippen LogP contribution in [0, 0.1) is 0 Å². The molecule has 0 N–H and O–H groups in total. The van der Waals surface area contributed by atoms with E-state index >= 15 is 0 Å². The first kappa shape index (κ1) is 20.8. The van der Waals surface area contributed by atoms with Gasteiger partial charge in [-0.3, -0.25) is 4.79 Å².